The van der Waals surface area contributed by atoms with Crippen LogP contribution in [0.25, 0.3) is 0 Å². The summed E-state index contributed by atoms with van der Waals surface area (Å²) in [5.74, 6) is -0.192. The van der Waals surface area contributed by atoms with Gasteiger partial charge in [0.05, 0.1) is 6.42 Å². The summed E-state index contributed by atoms with van der Waals surface area (Å²) in [5.41, 5.74) is 5.03. The maximum Gasteiger partial charge on any atom is 0.312 e. The molecule has 0 amide bonds. The summed E-state index contributed by atoms with van der Waals surface area (Å²) in [7, 11) is 0. The molecule has 0 aliphatic carbocycles. The van der Waals surface area contributed by atoms with E-state index in [1.165, 1.54) is 0 Å². The Balaban J connectivity index is 2.28. The van der Waals surface area contributed by atoms with Crippen molar-refractivity contribution in [2.24, 2.45) is 5.73 Å². The topological polar surface area (TPSA) is 52.3 Å². The molecule has 0 bridgehead atoms. The third kappa shape index (κ3) is 0.367. The van der Waals surface area contributed by atoms with Crippen molar-refractivity contribution >= 4 is 5.97 Å². The molecule has 0 saturated carbocycles. The Hall–Kier alpha value is -0.570. The number of rotatable bonds is 0. The third-order valence-corrected chi connectivity index (χ3v) is 0.651. The van der Waals surface area contributed by atoms with E-state index in [-0.39, 0.29) is 12.2 Å². The summed E-state index contributed by atoms with van der Waals surface area (Å²) in [6.07, 6.45) is 0.0810. The van der Waals surface area contributed by atoms with Gasteiger partial charge in [-0.3, -0.25) is 10.5 Å². The molecule has 1 aliphatic heterocycles. The largest absolute Gasteiger partial charge is 0.446 e. The zero-order chi connectivity index (χ0) is 4.57. The number of cyclic esters (lactones) is 1. The Morgan fingerprint density at radius 1 is 2.00 bits per heavy atom. The van der Waals surface area contributed by atoms with Crippen LogP contribution < -0.4 is 5.73 Å². The van der Waals surface area contributed by atoms with E-state index in [9.17, 15) is 4.79 Å². The zero-order valence-electron chi connectivity index (χ0n) is 3.18. The first-order valence-corrected chi connectivity index (χ1v) is 1.74. The molecule has 1 aliphatic rings. The molecule has 0 spiro atoms. The molecule has 1 heterocycles. The van der Waals surface area contributed by atoms with E-state index in [1.54, 1.807) is 0 Å². The van der Waals surface area contributed by atoms with E-state index in [2.05, 4.69) is 4.74 Å². The van der Waals surface area contributed by atoms with Crippen molar-refractivity contribution in [2.75, 3.05) is 0 Å². The first-order chi connectivity index (χ1) is 2.79. The summed E-state index contributed by atoms with van der Waals surface area (Å²) >= 11 is 0. The van der Waals surface area contributed by atoms with Gasteiger partial charge in [0.15, 0.2) is 6.23 Å². The highest BCUT2D eigenvalue weighted by molar-refractivity contribution is 5.74. The minimum atomic E-state index is -0.308. The highest BCUT2D eigenvalue weighted by Crippen LogP contribution is 2.04. The minimum absolute atomic E-state index is 0.192. The molecule has 3 heteroatoms. The SMILES string of the molecule is NC1CC(=O)O1. The molecular formula is C3H5NO2. The number of esters is 1. The maximum atomic E-state index is 9.81. The quantitative estimate of drug-likeness (QED) is 0.394. The van der Waals surface area contributed by atoms with E-state index in [0.717, 1.165) is 0 Å². The van der Waals surface area contributed by atoms with Crippen molar-refractivity contribution < 1.29 is 9.53 Å². The highest BCUT2D eigenvalue weighted by Gasteiger charge is 2.23. The van der Waals surface area contributed by atoms with Gasteiger partial charge in [-0.05, 0) is 0 Å². The van der Waals surface area contributed by atoms with Crippen molar-refractivity contribution in [3.05, 3.63) is 0 Å². The van der Waals surface area contributed by atoms with E-state index in [4.69, 9.17) is 5.73 Å². The molecule has 1 atom stereocenters. The molecule has 3 nitrogen and oxygen atoms in total. The average Bonchev–Trinajstić information content (AvgIpc) is 1.33. The lowest BCUT2D eigenvalue weighted by atomic mass is 10.3. The molecule has 0 aromatic heterocycles. The number of hydrogen-bond acceptors (Lipinski definition) is 3. The molecule has 0 aromatic carbocycles. The fourth-order valence-electron chi connectivity index (χ4n) is 0.323. The van der Waals surface area contributed by atoms with Crippen LogP contribution in [0.15, 0.2) is 0 Å². The number of ether oxygens (including phenoxy) is 1. The Kier molecular flexibility index (Phi) is 0.569. The van der Waals surface area contributed by atoms with Crippen molar-refractivity contribution in [3.63, 3.8) is 0 Å². The van der Waals surface area contributed by atoms with Gasteiger partial charge in [0, 0.05) is 0 Å². The van der Waals surface area contributed by atoms with Gasteiger partial charge in [-0.25, -0.2) is 0 Å². The van der Waals surface area contributed by atoms with Gasteiger partial charge < -0.3 is 4.74 Å². The van der Waals surface area contributed by atoms with Gasteiger partial charge in [0.25, 0.3) is 0 Å². The molecule has 1 unspecified atom stereocenters. The first-order valence-electron chi connectivity index (χ1n) is 1.74. The molecule has 1 saturated heterocycles. The van der Waals surface area contributed by atoms with Crippen molar-refractivity contribution in [1.29, 1.82) is 0 Å². The first kappa shape index (κ1) is 3.61. The van der Waals surface area contributed by atoms with Gasteiger partial charge in [0.1, 0.15) is 0 Å². The fourth-order valence-corrected chi connectivity index (χ4v) is 0.323. The van der Waals surface area contributed by atoms with Crippen LogP contribution in [-0.2, 0) is 9.53 Å². The number of hydrogen-bond donors (Lipinski definition) is 1. The van der Waals surface area contributed by atoms with Crippen LogP contribution >= 0.6 is 0 Å². The minimum Gasteiger partial charge on any atom is -0.446 e. The Morgan fingerprint density at radius 3 is 2.50 bits per heavy atom. The molecule has 6 heavy (non-hydrogen) atoms. The van der Waals surface area contributed by atoms with Crippen LogP contribution in [0.3, 0.4) is 0 Å². The summed E-state index contributed by atoms with van der Waals surface area (Å²) < 4.78 is 4.28. The van der Waals surface area contributed by atoms with Gasteiger partial charge in [-0.1, -0.05) is 0 Å². The lowest BCUT2D eigenvalue weighted by Gasteiger charge is -2.19. The fraction of sp³-hybridized carbons (Fsp3) is 0.667. The second kappa shape index (κ2) is 0.944. The Morgan fingerprint density at radius 2 is 2.50 bits per heavy atom. The molecule has 1 rings (SSSR count). The Bertz CT molecular complexity index is 72.9. The Labute approximate surface area is 35.1 Å². The molecule has 1 fully saturated rings. The van der Waals surface area contributed by atoms with Gasteiger partial charge >= 0.3 is 5.97 Å². The van der Waals surface area contributed by atoms with Crippen LogP contribution in [-0.4, -0.2) is 12.2 Å². The van der Waals surface area contributed by atoms with Crippen LogP contribution in [0, 0.1) is 0 Å². The number of carbonyl (C=O) groups is 1. The second-order valence-corrected chi connectivity index (χ2v) is 1.23. The summed E-state index contributed by atoms with van der Waals surface area (Å²) in [5, 5.41) is 0. The maximum absolute atomic E-state index is 9.81. The van der Waals surface area contributed by atoms with Gasteiger partial charge in [-0.15, -0.1) is 0 Å². The van der Waals surface area contributed by atoms with Crippen LogP contribution in [0.5, 0.6) is 0 Å². The van der Waals surface area contributed by atoms with E-state index >= 15 is 0 Å². The van der Waals surface area contributed by atoms with E-state index in [0.29, 0.717) is 6.42 Å². The third-order valence-electron chi connectivity index (χ3n) is 0.651. The van der Waals surface area contributed by atoms with Crippen LogP contribution in [0.1, 0.15) is 6.42 Å². The van der Waals surface area contributed by atoms with E-state index < -0.39 is 0 Å². The highest BCUT2D eigenvalue weighted by atomic mass is 16.6. The van der Waals surface area contributed by atoms with Crippen molar-refractivity contribution in [3.8, 4) is 0 Å². The predicted octanol–water partition coefficient (Wildman–Crippen LogP) is -0.782. The van der Waals surface area contributed by atoms with Crippen LogP contribution in [0.2, 0.25) is 0 Å². The standard InChI is InChI=1S/C3H5NO2/c4-2-1-3(5)6-2/h2H,1,4H2. The molecule has 0 aromatic rings. The zero-order valence-corrected chi connectivity index (χ0v) is 3.18. The molecular weight excluding hydrogens is 82.0 g/mol. The number of carbonyl (C=O) groups excluding carboxylic acids is 1. The summed E-state index contributed by atoms with van der Waals surface area (Å²) in [4.78, 5) is 9.81. The monoisotopic (exact) mass is 87.0 g/mol. The normalized spacial score (nSPS) is 31.5. The lowest BCUT2D eigenvalue weighted by molar-refractivity contribution is -0.168. The molecule has 34 valence electrons. The van der Waals surface area contributed by atoms with Crippen molar-refractivity contribution in [1.82, 2.24) is 0 Å². The molecule has 0 radical (unpaired) electrons. The predicted molar refractivity (Wildman–Crippen MR) is 18.7 cm³/mol. The van der Waals surface area contributed by atoms with Gasteiger partial charge in [-0.2, -0.15) is 0 Å². The smallest absolute Gasteiger partial charge is 0.312 e. The second-order valence-electron chi connectivity index (χ2n) is 1.23. The summed E-state index contributed by atoms with van der Waals surface area (Å²) in [6, 6.07) is 0. The average molecular weight is 87.1 g/mol. The van der Waals surface area contributed by atoms with Crippen molar-refractivity contribution in [2.45, 2.75) is 12.6 Å². The molecule has 2 N–H and O–H groups in total. The van der Waals surface area contributed by atoms with E-state index in [1.807, 2.05) is 0 Å². The summed E-state index contributed by atoms with van der Waals surface area (Å²) in [6.45, 7) is 0. The number of nitrogens with two attached hydrogens (primary N) is 1. The van der Waals surface area contributed by atoms with Gasteiger partial charge in [0.2, 0.25) is 0 Å². The lowest BCUT2D eigenvalue weighted by Crippen LogP contribution is -2.39. The van der Waals surface area contributed by atoms with Crippen LogP contribution in [0.4, 0.5) is 0 Å².